The molecule has 2 rings (SSSR count). The first kappa shape index (κ1) is 20.6. The molecule has 2 aromatic carbocycles. The van der Waals surface area contributed by atoms with Crippen LogP contribution in [0.1, 0.15) is 11.1 Å². The zero-order chi connectivity index (χ0) is 19.9. The molecular formula is C19H22N2O5S. The van der Waals surface area contributed by atoms with Gasteiger partial charge in [0.25, 0.3) is 0 Å². The van der Waals surface area contributed by atoms with Gasteiger partial charge in [-0.05, 0) is 11.1 Å². The lowest BCUT2D eigenvalue weighted by Gasteiger charge is -2.21. The molecule has 0 aliphatic carbocycles. The van der Waals surface area contributed by atoms with Crippen LogP contribution in [0, 0.1) is 0 Å². The Kier molecular flexibility index (Phi) is 7.09. The van der Waals surface area contributed by atoms with Gasteiger partial charge in [0, 0.05) is 13.0 Å². The average molecular weight is 390 g/mol. The van der Waals surface area contributed by atoms with Crippen LogP contribution in [0.2, 0.25) is 0 Å². The lowest BCUT2D eigenvalue weighted by atomic mass is 10.1. The van der Waals surface area contributed by atoms with Crippen molar-refractivity contribution in [1.29, 1.82) is 0 Å². The molecule has 0 heterocycles. The van der Waals surface area contributed by atoms with Crippen molar-refractivity contribution in [2.45, 2.75) is 19.0 Å². The molecule has 0 fully saturated rings. The number of rotatable bonds is 9. The fourth-order valence-corrected chi connectivity index (χ4v) is 3.26. The van der Waals surface area contributed by atoms with Crippen molar-refractivity contribution < 1.29 is 23.1 Å². The third-order valence-corrected chi connectivity index (χ3v) is 5.10. The second-order valence-corrected chi connectivity index (χ2v) is 8.15. The fourth-order valence-electron chi connectivity index (χ4n) is 2.53. The van der Waals surface area contributed by atoms with Crippen LogP contribution in [-0.2, 0) is 32.6 Å². The van der Waals surface area contributed by atoms with E-state index in [9.17, 15) is 23.1 Å². The van der Waals surface area contributed by atoms with Crippen LogP contribution in [0.15, 0.2) is 60.7 Å². The van der Waals surface area contributed by atoms with Gasteiger partial charge >= 0.3 is 5.97 Å². The summed E-state index contributed by atoms with van der Waals surface area (Å²) in [6.07, 6.45) is 1.13. The van der Waals surface area contributed by atoms with Crippen molar-refractivity contribution in [2.24, 2.45) is 0 Å². The number of nitrogens with zero attached hydrogens (tertiary/aromatic N) is 1. The Labute approximate surface area is 158 Å². The lowest BCUT2D eigenvalue weighted by molar-refractivity contribution is -0.141. The Hall–Kier alpha value is -2.71. The molecule has 8 heteroatoms. The largest absolute Gasteiger partial charge is 0.480 e. The highest BCUT2D eigenvalue weighted by atomic mass is 32.2. The minimum Gasteiger partial charge on any atom is -0.480 e. The van der Waals surface area contributed by atoms with Gasteiger partial charge in [0.05, 0.1) is 12.8 Å². The molecule has 0 bridgehead atoms. The third kappa shape index (κ3) is 6.84. The van der Waals surface area contributed by atoms with Crippen molar-refractivity contribution in [3.05, 3.63) is 71.8 Å². The molecule has 1 unspecified atom stereocenters. The van der Waals surface area contributed by atoms with Crippen LogP contribution in [-0.4, -0.2) is 48.5 Å². The monoisotopic (exact) mass is 390 g/mol. The predicted molar refractivity (Wildman–Crippen MR) is 101 cm³/mol. The highest BCUT2D eigenvalue weighted by Gasteiger charge is 2.25. The summed E-state index contributed by atoms with van der Waals surface area (Å²) < 4.78 is 25.0. The number of carbonyl (C=O) groups excluding carboxylic acids is 1. The van der Waals surface area contributed by atoms with E-state index >= 15 is 0 Å². The van der Waals surface area contributed by atoms with Crippen LogP contribution >= 0.6 is 0 Å². The Bertz CT molecular complexity index is 869. The van der Waals surface area contributed by atoms with E-state index in [1.807, 2.05) is 12.1 Å². The Morgan fingerprint density at radius 1 is 1.00 bits per heavy atom. The zero-order valence-corrected chi connectivity index (χ0v) is 15.7. The number of carboxylic acid groups (broad SMARTS) is 1. The number of hydrogen-bond acceptors (Lipinski definition) is 4. The summed E-state index contributed by atoms with van der Waals surface area (Å²) in [6.45, 7) is -0.421. The SMILES string of the molecule is CS(=O)(=O)N(CC(=O)NC(Cc1ccccc1)C(=O)O)Cc1ccccc1. The first-order chi connectivity index (χ1) is 12.8. The zero-order valence-electron chi connectivity index (χ0n) is 14.9. The maximum Gasteiger partial charge on any atom is 0.326 e. The number of carboxylic acids is 1. The van der Waals surface area contributed by atoms with Crippen LogP contribution in [0.3, 0.4) is 0 Å². The standard InChI is InChI=1S/C19H22N2O5S/c1-27(25,26)21(13-16-10-6-3-7-11-16)14-18(22)20-17(19(23)24)12-15-8-4-2-5-9-15/h2-11,17H,12-14H2,1H3,(H,20,22)(H,23,24). The minimum atomic E-state index is -3.65. The van der Waals surface area contributed by atoms with Crippen LogP contribution < -0.4 is 5.32 Å². The highest BCUT2D eigenvalue weighted by Crippen LogP contribution is 2.09. The molecule has 0 aliphatic rings. The van der Waals surface area contributed by atoms with Gasteiger partial charge in [-0.15, -0.1) is 0 Å². The van der Waals surface area contributed by atoms with Crippen molar-refractivity contribution in [3.63, 3.8) is 0 Å². The highest BCUT2D eigenvalue weighted by molar-refractivity contribution is 7.88. The molecular weight excluding hydrogens is 368 g/mol. The van der Waals surface area contributed by atoms with Gasteiger partial charge in [-0.2, -0.15) is 4.31 Å². The average Bonchev–Trinajstić information content (AvgIpc) is 2.61. The fraction of sp³-hybridized carbons (Fsp3) is 0.263. The summed E-state index contributed by atoms with van der Waals surface area (Å²) in [5, 5.41) is 11.8. The van der Waals surface area contributed by atoms with E-state index in [2.05, 4.69) is 5.32 Å². The molecule has 27 heavy (non-hydrogen) atoms. The first-order valence-corrected chi connectivity index (χ1v) is 10.2. The summed E-state index contributed by atoms with van der Waals surface area (Å²) in [5.41, 5.74) is 1.49. The molecule has 0 saturated carbocycles. The van der Waals surface area contributed by atoms with Gasteiger partial charge in [0.15, 0.2) is 0 Å². The summed E-state index contributed by atoms with van der Waals surface area (Å²) >= 11 is 0. The number of amides is 1. The molecule has 0 spiro atoms. The minimum absolute atomic E-state index is 0.0313. The topological polar surface area (TPSA) is 104 Å². The predicted octanol–water partition coefficient (Wildman–Crippen LogP) is 1.26. The van der Waals surface area contributed by atoms with E-state index in [0.29, 0.717) is 0 Å². The summed E-state index contributed by atoms with van der Waals surface area (Å²) in [7, 11) is -3.65. The molecule has 1 atom stereocenters. The maximum absolute atomic E-state index is 12.3. The first-order valence-electron chi connectivity index (χ1n) is 8.31. The summed E-state index contributed by atoms with van der Waals surface area (Å²) in [4.78, 5) is 23.8. The normalized spacial score (nSPS) is 12.5. The lowest BCUT2D eigenvalue weighted by Crippen LogP contribution is -2.47. The van der Waals surface area contributed by atoms with E-state index in [-0.39, 0.29) is 13.0 Å². The molecule has 0 radical (unpaired) electrons. The van der Waals surface area contributed by atoms with Gasteiger partial charge in [-0.1, -0.05) is 60.7 Å². The van der Waals surface area contributed by atoms with Gasteiger partial charge in [-0.25, -0.2) is 13.2 Å². The molecule has 0 saturated heterocycles. The van der Waals surface area contributed by atoms with Crippen LogP contribution in [0.4, 0.5) is 0 Å². The Morgan fingerprint density at radius 3 is 2.00 bits per heavy atom. The molecule has 2 aromatic rings. The van der Waals surface area contributed by atoms with Crippen LogP contribution in [0.5, 0.6) is 0 Å². The molecule has 0 aromatic heterocycles. The van der Waals surface area contributed by atoms with Crippen LogP contribution in [0.25, 0.3) is 0 Å². The number of sulfonamides is 1. The van der Waals surface area contributed by atoms with Crippen molar-refractivity contribution in [3.8, 4) is 0 Å². The molecule has 7 nitrogen and oxygen atoms in total. The molecule has 0 aliphatic heterocycles. The van der Waals surface area contributed by atoms with Gasteiger partial charge in [0.2, 0.25) is 15.9 Å². The van der Waals surface area contributed by atoms with E-state index < -0.39 is 34.5 Å². The van der Waals surface area contributed by atoms with E-state index in [1.165, 1.54) is 0 Å². The van der Waals surface area contributed by atoms with Gasteiger partial charge in [0.1, 0.15) is 6.04 Å². The van der Waals surface area contributed by atoms with Crippen molar-refractivity contribution >= 4 is 21.9 Å². The summed E-state index contributed by atoms with van der Waals surface area (Å²) in [6, 6.07) is 16.6. The molecule has 144 valence electrons. The maximum atomic E-state index is 12.3. The number of nitrogens with one attached hydrogen (secondary N) is 1. The number of carbonyl (C=O) groups is 2. The quantitative estimate of drug-likeness (QED) is 0.671. The van der Waals surface area contributed by atoms with Crippen molar-refractivity contribution in [2.75, 3.05) is 12.8 Å². The van der Waals surface area contributed by atoms with Crippen molar-refractivity contribution in [1.82, 2.24) is 9.62 Å². The Morgan fingerprint density at radius 2 is 1.52 bits per heavy atom. The van der Waals surface area contributed by atoms with E-state index in [4.69, 9.17) is 0 Å². The van der Waals surface area contributed by atoms with Gasteiger partial charge < -0.3 is 10.4 Å². The number of aliphatic carboxylic acids is 1. The second-order valence-electron chi connectivity index (χ2n) is 6.16. The Balaban J connectivity index is 2.05. The number of hydrogen-bond donors (Lipinski definition) is 2. The summed E-state index contributed by atoms with van der Waals surface area (Å²) in [5.74, 6) is -1.85. The molecule has 1 amide bonds. The van der Waals surface area contributed by atoms with Gasteiger partial charge in [-0.3, -0.25) is 4.79 Å². The van der Waals surface area contributed by atoms with E-state index in [0.717, 1.165) is 21.7 Å². The number of benzene rings is 2. The molecule has 2 N–H and O–H groups in total. The smallest absolute Gasteiger partial charge is 0.326 e. The van der Waals surface area contributed by atoms with E-state index in [1.54, 1.807) is 48.5 Å². The second kappa shape index (κ2) is 9.29. The third-order valence-electron chi connectivity index (χ3n) is 3.91.